The average Bonchev–Trinajstić information content (AvgIpc) is 2.94. The minimum absolute atomic E-state index is 0.0168. The molecule has 2 aromatic rings. The van der Waals surface area contributed by atoms with E-state index in [4.69, 9.17) is 13.6 Å². The van der Waals surface area contributed by atoms with E-state index >= 15 is 0 Å². The molecule has 0 bridgehead atoms. The van der Waals surface area contributed by atoms with E-state index in [2.05, 4.69) is 10.3 Å². The Balaban J connectivity index is 1.96. The summed E-state index contributed by atoms with van der Waals surface area (Å²) < 4.78 is 59.9. The van der Waals surface area contributed by atoms with Crippen LogP contribution in [-0.4, -0.2) is 31.2 Å². The third-order valence-electron chi connectivity index (χ3n) is 3.34. The molecule has 118 valence electrons. The van der Waals surface area contributed by atoms with Crippen LogP contribution in [0, 0.1) is 11.6 Å². The van der Waals surface area contributed by atoms with Gasteiger partial charge >= 0.3 is 0 Å². The van der Waals surface area contributed by atoms with Crippen molar-refractivity contribution in [2.75, 3.05) is 20.1 Å². The summed E-state index contributed by atoms with van der Waals surface area (Å²) in [6.07, 6.45) is -0.263. The average molecular weight is 329 g/mol. The Hall–Kier alpha value is -1.57. The first kappa shape index (κ1) is 11.9. The summed E-state index contributed by atoms with van der Waals surface area (Å²) in [4.78, 5) is 4.35. The molecule has 1 aromatic heterocycles. The maximum atomic E-state index is 14.3. The zero-order valence-corrected chi connectivity index (χ0v) is 12.5. The molecule has 1 saturated heterocycles. The summed E-state index contributed by atoms with van der Waals surface area (Å²) in [5.41, 5.74) is -0.00424. The second-order valence-electron chi connectivity index (χ2n) is 5.03. The van der Waals surface area contributed by atoms with Crippen LogP contribution < -0.4 is 10.1 Å². The number of nitrogens with one attached hydrogen (secondary N) is 1. The van der Waals surface area contributed by atoms with Crippen LogP contribution in [0.3, 0.4) is 0 Å². The van der Waals surface area contributed by atoms with Crippen molar-refractivity contribution in [3.8, 4) is 17.0 Å². The number of methoxy groups -OCH3 is 1. The van der Waals surface area contributed by atoms with Gasteiger partial charge in [0, 0.05) is 30.6 Å². The third-order valence-corrected chi connectivity index (χ3v) is 4.28. The van der Waals surface area contributed by atoms with Crippen molar-refractivity contribution in [3.63, 3.8) is 0 Å². The Morgan fingerprint density at radius 3 is 3.09 bits per heavy atom. The maximum absolute atomic E-state index is 14.3. The van der Waals surface area contributed by atoms with E-state index in [1.807, 2.05) is 6.92 Å². The second-order valence-corrected chi connectivity index (χ2v) is 5.92. The van der Waals surface area contributed by atoms with Crippen molar-refractivity contribution in [3.05, 3.63) is 34.2 Å². The summed E-state index contributed by atoms with van der Waals surface area (Å²) in [5.74, 6) is -2.28. The van der Waals surface area contributed by atoms with Crippen LogP contribution in [0.25, 0.3) is 11.3 Å². The van der Waals surface area contributed by atoms with Crippen LogP contribution in [0.2, 0.25) is 0 Å². The molecule has 0 unspecified atom stereocenters. The molecule has 1 aliphatic rings. The molecule has 3 rings (SSSR count). The number of nitrogens with zero attached hydrogens (tertiary/aromatic N) is 1. The number of aromatic nitrogens is 1. The molecule has 1 N–H and O–H groups in total. The number of halogens is 2. The van der Waals surface area contributed by atoms with E-state index in [9.17, 15) is 8.78 Å². The summed E-state index contributed by atoms with van der Waals surface area (Å²) in [6.45, 7) is 3.23. The lowest BCUT2D eigenvalue weighted by molar-refractivity contribution is -0.0287. The fraction of sp³-hybridized carbons (Fsp3) is 0.400. The highest BCUT2D eigenvalue weighted by Crippen LogP contribution is 2.36. The van der Waals surface area contributed by atoms with Gasteiger partial charge in [-0.3, -0.25) is 0 Å². The van der Waals surface area contributed by atoms with Crippen molar-refractivity contribution in [1.29, 1.82) is 0 Å². The van der Waals surface area contributed by atoms with Gasteiger partial charge in [-0.2, -0.15) is 0 Å². The van der Waals surface area contributed by atoms with Crippen LogP contribution >= 0.6 is 11.3 Å². The number of rotatable bonds is 3. The fourth-order valence-corrected chi connectivity index (χ4v) is 3.21. The van der Waals surface area contributed by atoms with Crippen molar-refractivity contribution >= 4 is 11.3 Å². The predicted octanol–water partition coefficient (Wildman–Crippen LogP) is 3.15. The third kappa shape index (κ3) is 2.97. The first-order chi connectivity index (χ1) is 11.7. The van der Waals surface area contributed by atoms with Gasteiger partial charge in [-0.15, -0.1) is 11.3 Å². The number of hydrogen-bond donors (Lipinski definition) is 1. The lowest BCUT2D eigenvalue weighted by Crippen LogP contribution is -2.38. The van der Waals surface area contributed by atoms with E-state index in [0.717, 1.165) is 12.6 Å². The van der Waals surface area contributed by atoms with Crippen molar-refractivity contribution in [2.45, 2.75) is 19.1 Å². The molecule has 4 nitrogen and oxygen atoms in total. The van der Waals surface area contributed by atoms with Gasteiger partial charge in [0.05, 0.1) is 28.5 Å². The minimum Gasteiger partial charge on any atom is -0.496 e. The number of benzene rings is 1. The van der Waals surface area contributed by atoms with Crippen LogP contribution in [0.4, 0.5) is 8.78 Å². The number of hydrogen-bond acceptors (Lipinski definition) is 5. The van der Waals surface area contributed by atoms with Gasteiger partial charge in [0.15, 0.2) is 0 Å². The molecule has 1 aromatic carbocycles. The Labute approximate surface area is 135 Å². The largest absolute Gasteiger partial charge is 0.496 e. The molecule has 2 atom stereocenters. The zero-order chi connectivity index (χ0) is 18.2. The predicted molar refractivity (Wildman–Crippen MR) is 80.2 cm³/mol. The molecule has 2 heterocycles. The summed E-state index contributed by atoms with van der Waals surface area (Å²) in [5, 5.41) is 5.41. The molecule has 7 heteroatoms. The molecule has 0 saturated carbocycles. The molecule has 22 heavy (non-hydrogen) atoms. The van der Waals surface area contributed by atoms with E-state index in [-0.39, 0.29) is 23.5 Å². The molecule has 0 radical (unpaired) electrons. The topological polar surface area (TPSA) is 43.4 Å². The van der Waals surface area contributed by atoms with Crippen LogP contribution in [0.1, 0.15) is 22.1 Å². The minimum atomic E-state index is -2.83. The molecule has 0 spiro atoms. The van der Waals surface area contributed by atoms with Crippen LogP contribution in [0.5, 0.6) is 5.75 Å². The van der Waals surface area contributed by atoms with Crippen molar-refractivity contribution in [1.82, 2.24) is 10.3 Å². The Bertz CT molecular complexity index is 770. The molecule has 1 aliphatic heterocycles. The fourth-order valence-electron chi connectivity index (χ4n) is 2.37. The second kappa shape index (κ2) is 6.28. The smallest absolute Gasteiger partial charge is 0.139 e. The van der Waals surface area contributed by atoms with Crippen LogP contribution in [-0.2, 0) is 4.74 Å². The van der Waals surface area contributed by atoms with Gasteiger partial charge < -0.3 is 14.8 Å². The monoisotopic (exact) mass is 329 g/mol. The summed E-state index contributed by atoms with van der Waals surface area (Å²) >= 11 is 1.26. The summed E-state index contributed by atoms with van der Waals surface area (Å²) in [6, 6.07) is 1.51. The van der Waals surface area contributed by atoms with Crippen LogP contribution in [0.15, 0.2) is 17.5 Å². The van der Waals surface area contributed by atoms with E-state index in [1.54, 1.807) is 5.38 Å². The van der Waals surface area contributed by atoms with Gasteiger partial charge in [-0.1, -0.05) is 0 Å². The van der Waals surface area contributed by atoms with E-state index < -0.39 is 24.4 Å². The highest BCUT2D eigenvalue weighted by atomic mass is 32.1. The van der Waals surface area contributed by atoms with Crippen molar-refractivity contribution < 1.29 is 22.4 Å². The Morgan fingerprint density at radius 2 is 2.32 bits per heavy atom. The summed E-state index contributed by atoms with van der Waals surface area (Å²) in [7, 11) is -2.83. The lowest BCUT2D eigenvalue weighted by atomic mass is 10.1. The molecule has 0 amide bonds. The molecule has 1 fully saturated rings. The Morgan fingerprint density at radius 1 is 1.45 bits per heavy atom. The van der Waals surface area contributed by atoms with E-state index in [1.165, 1.54) is 11.3 Å². The Kier molecular flexibility index (Phi) is 3.40. The SMILES string of the molecule is [2H]C([2H])([2H])Oc1cc(F)cc(F)c1-c1csc([C@H]2CNC[C@@H](C)O2)n1. The zero-order valence-electron chi connectivity index (χ0n) is 14.7. The van der Waals surface area contributed by atoms with Gasteiger partial charge in [0.1, 0.15) is 28.5 Å². The standard InChI is InChI=1S/C15H16F2N2O2S/c1-8-5-18-6-13(21-8)15-19-11(7-22-15)14-10(17)3-9(16)4-12(14)20-2/h3-4,7-8,13,18H,5-6H2,1-2H3/t8-,13-/m1/s1/i2D3. The maximum Gasteiger partial charge on any atom is 0.139 e. The highest BCUT2D eigenvalue weighted by Gasteiger charge is 2.24. The van der Waals surface area contributed by atoms with Gasteiger partial charge in [0.25, 0.3) is 0 Å². The quantitative estimate of drug-likeness (QED) is 0.939. The highest BCUT2D eigenvalue weighted by molar-refractivity contribution is 7.10. The first-order valence-corrected chi connectivity index (χ1v) is 7.61. The normalized spacial score (nSPS) is 24.4. The number of morpholine rings is 1. The molecular weight excluding hydrogens is 310 g/mol. The van der Waals surface area contributed by atoms with Gasteiger partial charge in [0.2, 0.25) is 0 Å². The lowest BCUT2D eigenvalue weighted by Gasteiger charge is -2.27. The molecule has 0 aliphatic carbocycles. The molecular formula is C15H16F2N2O2S. The van der Waals surface area contributed by atoms with Gasteiger partial charge in [-0.05, 0) is 6.92 Å². The van der Waals surface area contributed by atoms with Gasteiger partial charge in [-0.25, -0.2) is 13.8 Å². The van der Waals surface area contributed by atoms with Crippen molar-refractivity contribution in [2.24, 2.45) is 0 Å². The number of thiazole rings is 1. The number of ether oxygens (including phenoxy) is 2. The van der Waals surface area contributed by atoms with E-state index in [0.29, 0.717) is 17.6 Å². The first-order valence-electron chi connectivity index (χ1n) is 8.23.